The molecule has 1 aliphatic carbocycles. The molecule has 23 heavy (non-hydrogen) atoms. The summed E-state index contributed by atoms with van der Waals surface area (Å²) in [5.41, 5.74) is 2.88. The van der Waals surface area contributed by atoms with Crippen molar-refractivity contribution in [3.8, 4) is 0 Å². The summed E-state index contributed by atoms with van der Waals surface area (Å²) in [4.78, 5) is 27.8. The summed E-state index contributed by atoms with van der Waals surface area (Å²) < 4.78 is 0. The van der Waals surface area contributed by atoms with E-state index in [1.54, 1.807) is 6.08 Å². The number of nitrogens with zero attached hydrogens (tertiary/aromatic N) is 2. The zero-order valence-corrected chi connectivity index (χ0v) is 15.0. The van der Waals surface area contributed by atoms with Crippen LogP contribution in [0.1, 0.15) is 53.4 Å². The molecule has 0 N–H and O–H groups in total. The Balaban J connectivity index is 1.96. The molecule has 0 aromatic rings. The van der Waals surface area contributed by atoms with Gasteiger partial charge in [-0.15, -0.1) is 0 Å². The Kier molecular flexibility index (Phi) is 5.66. The van der Waals surface area contributed by atoms with E-state index in [-0.39, 0.29) is 17.2 Å². The smallest absolute Gasteiger partial charge is 0.246 e. The Morgan fingerprint density at radius 3 is 2.30 bits per heavy atom. The highest BCUT2D eigenvalue weighted by Gasteiger charge is 2.27. The molecule has 0 aromatic heterocycles. The molecule has 1 heterocycles. The van der Waals surface area contributed by atoms with Crippen LogP contribution in [-0.4, -0.2) is 47.8 Å². The quantitative estimate of drug-likeness (QED) is 0.750. The molecular weight excluding hydrogens is 288 g/mol. The molecular formula is C19H30N2O2. The van der Waals surface area contributed by atoms with Crippen molar-refractivity contribution in [3.05, 3.63) is 23.3 Å². The molecule has 0 saturated carbocycles. The van der Waals surface area contributed by atoms with E-state index in [9.17, 15) is 9.59 Å². The molecule has 0 radical (unpaired) electrons. The number of carbonyl (C=O) groups is 2. The SMILES string of the molecule is CCC(=O)N1CCN(C(=O)C=CC2=C(C)CCCC2(C)C)CC1. The minimum Gasteiger partial charge on any atom is -0.339 e. The molecule has 2 rings (SSSR count). The maximum absolute atomic E-state index is 12.4. The Labute approximate surface area is 140 Å². The third-order valence-corrected chi connectivity index (χ3v) is 5.18. The summed E-state index contributed by atoms with van der Waals surface area (Å²) in [5, 5.41) is 0. The van der Waals surface area contributed by atoms with Crippen LogP contribution in [0.4, 0.5) is 0 Å². The first kappa shape index (κ1) is 17.8. The van der Waals surface area contributed by atoms with Crippen LogP contribution in [-0.2, 0) is 9.59 Å². The van der Waals surface area contributed by atoms with Gasteiger partial charge in [0, 0.05) is 38.7 Å². The fourth-order valence-electron chi connectivity index (χ4n) is 3.67. The summed E-state index contributed by atoms with van der Waals surface area (Å²) >= 11 is 0. The van der Waals surface area contributed by atoms with Crippen molar-refractivity contribution in [2.24, 2.45) is 5.41 Å². The van der Waals surface area contributed by atoms with Crippen LogP contribution in [0.5, 0.6) is 0 Å². The van der Waals surface area contributed by atoms with Gasteiger partial charge in [-0.05, 0) is 37.2 Å². The Morgan fingerprint density at radius 2 is 1.74 bits per heavy atom. The number of hydrogen-bond donors (Lipinski definition) is 0. The van der Waals surface area contributed by atoms with Gasteiger partial charge in [-0.2, -0.15) is 0 Å². The predicted molar refractivity (Wildman–Crippen MR) is 92.9 cm³/mol. The molecule has 4 nitrogen and oxygen atoms in total. The van der Waals surface area contributed by atoms with Crippen LogP contribution in [0.3, 0.4) is 0 Å². The van der Waals surface area contributed by atoms with Crippen LogP contribution in [0.15, 0.2) is 23.3 Å². The van der Waals surface area contributed by atoms with E-state index in [1.165, 1.54) is 24.0 Å². The fraction of sp³-hybridized carbons (Fsp3) is 0.684. The maximum Gasteiger partial charge on any atom is 0.246 e. The largest absolute Gasteiger partial charge is 0.339 e. The monoisotopic (exact) mass is 318 g/mol. The van der Waals surface area contributed by atoms with Crippen molar-refractivity contribution in [3.63, 3.8) is 0 Å². The standard InChI is InChI=1S/C19H30N2O2/c1-5-17(22)20-11-13-21(14-12-20)18(23)9-8-16-15(2)7-6-10-19(16,3)4/h8-9H,5-7,10-14H2,1-4H3. The van der Waals surface area contributed by atoms with Crippen molar-refractivity contribution >= 4 is 11.8 Å². The van der Waals surface area contributed by atoms with Gasteiger partial charge in [-0.3, -0.25) is 9.59 Å². The lowest BCUT2D eigenvalue weighted by Crippen LogP contribution is -2.50. The van der Waals surface area contributed by atoms with Crippen molar-refractivity contribution in [1.29, 1.82) is 0 Å². The maximum atomic E-state index is 12.4. The first-order valence-electron chi connectivity index (χ1n) is 8.80. The van der Waals surface area contributed by atoms with Crippen LogP contribution in [0.25, 0.3) is 0 Å². The van der Waals surface area contributed by atoms with E-state index in [1.807, 2.05) is 22.8 Å². The molecule has 1 aliphatic heterocycles. The van der Waals surface area contributed by atoms with Gasteiger partial charge in [0.2, 0.25) is 11.8 Å². The van der Waals surface area contributed by atoms with Gasteiger partial charge >= 0.3 is 0 Å². The van der Waals surface area contributed by atoms with Crippen LogP contribution in [0, 0.1) is 5.41 Å². The van der Waals surface area contributed by atoms with Gasteiger partial charge in [0.15, 0.2) is 0 Å². The zero-order chi connectivity index (χ0) is 17.0. The Hall–Kier alpha value is -1.58. The minimum absolute atomic E-state index is 0.0651. The van der Waals surface area contributed by atoms with Crippen LogP contribution >= 0.6 is 0 Å². The molecule has 0 unspecified atom stereocenters. The van der Waals surface area contributed by atoms with Gasteiger partial charge in [0.1, 0.15) is 0 Å². The third kappa shape index (κ3) is 4.24. The van der Waals surface area contributed by atoms with E-state index >= 15 is 0 Å². The summed E-state index contributed by atoms with van der Waals surface area (Å²) in [6.07, 6.45) is 7.84. The minimum atomic E-state index is 0.0651. The van der Waals surface area contributed by atoms with Crippen molar-refractivity contribution in [2.45, 2.75) is 53.4 Å². The third-order valence-electron chi connectivity index (χ3n) is 5.18. The molecule has 0 spiro atoms. The van der Waals surface area contributed by atoms with Gasteiger partial charge < -0.3 is 9.80 Å². The highest BCUT2D eigenvalue weighted by molar-refractivity contribution is 5.88. The second-order valence-electron chi connectivity index (χ2n) is 7.32. The molecule has 2 amide bonds. The number of carbonyl (C=O) groups excluding carboxylic acids is 2. The molecule has 0 aromatic carbocycles. The number of amides is 2. The van der Waals surface area contributed by atoms with E-state index in [2.05, 4.69) is 20.8 Å². The molecule has 0 bridgehead atoms. The second-order valence-corrected chi connectivity index (χ2v) is 7.32. The predicted octanol–water partition coefficient (Wildman–Crippen LogP) is 3.15. The topological polar surface area (TPSA) is 40.6 Å². The number of piperazine rings is 1. The zero-order valence-electron chi connectivity index (χ0n) is 15.0. The van der Waals surface area contributed by atoms with E-state index in [0.717, 1.165) is 6.42 Å². The van der Waals surface area contributed by atoms with E-state index in [0.29, 0.717) is 32.6 Å². The Morgan fingerprint density at radius 1 is 1.13 bits per heavy atom. The fourth-order valence-corrected chi connectivity index (χ4v) is 3.67. The van der Waals surface area contributed by atoms with Crippen LogP contribution < -0.4 is 0 Å². The van der Waals surface area contributed by atoms with Gasteiger partial charge in [-0.1, -0.05) is 32.4 Å². The van der Waals surface area contributed by atoms with Gasteiger partial charge in [-0.25, -0.2) is 0 Å². The van der Waals surface area contributed by atoms with Crippen molar-refractivity contribution in [1.82, 2.24) is 9.80 Å². The summed E-state index contributed by atoms with van der Waals surface area (Å²) in [7, 11) is 0. The molecule has 2 aliphatic rings. The van der Waals surface area contributed by atoms with Gasteiger partial charge in [0.05, 0.1) is 0 Å². The molecule has 4 heteroatoms. The number of hydrogen-bond acceptors (Lipinski definition) is 2. The van der Waals surface area contributed by atoms with Gasteiger partial charge in [0.25, 0.3) is 0 Å². The molecule has 0 atom stereocenters. The van der Waals surface area contributed by atoms with E-state index < -0.39 is 0 Å². The lowest BCUT2D eigenvalue weighted by molar-refractivity contribution is -0.137. The molecule has 128 valence electrons. The van der Waals surface area contributed by atoms with Crippen LogP contribution in [0.2, 0.25) is 0 Å². The summed E-state index contributed by atoms with van der Waals surface area (Å²) in [6, 6.07) is 0. The normalized spacial score (nSPS) is 21.9. The highest BCUT2D eigenvalue weighted by Crippen LogP contribution is 2.40. The second kappa shape index (κ2) is 7.33. The molecule has 1 saturated heterocycles. The lowest BCUT2D eigenvalue weighted by Gasteiger charge is -2.35. The average molecular weight is 318 g/mol. The first-order chi connectivity index (χ1) is 10.8. The molecule has 1 fully saturated rings. The van der Waals surface area contributed by atoms with Crippen molar-refractivity contribution < 1.29 is 9.59 Å². The van der Waals surface area contributed by atoms with Crippen molar-refractivity contribution in [2.75, 3.05) is 26.2 Å². The average Bonchev–Trinajstić information content (AvgIpc) is 2.53. The lowest BCUT2D eigenvalue weighted by atomic mass is 9.72. The van der Waals surface area contributed by atoms with E-state index in [4.69, 9.17) is 0 Å². The first-order valence-corrected chi connectivity index (χ1v) is 8.80. The summed E-state index contributed by atoms with van der Waals surface area (Å²) in [5.74, 6) is 0.243. The number of rotatable bonds is 3. The summed E-state index contributed by atoms with van der Waals surface area (Å²) in [6.45, 7) is 11.2. The highest BCUT2D eigenvalue weighted by atomic mass is 16.2. The Bertz CT molecular complexity index is 523. The number of allylic oxidation sites excluding steroid dienone is 3.